The van der Waals surface area contributed by atoms with Gasteiger partial charge in [0.25, 0.3) is 0 Å². The van der Waals surface area contributed by atoms with Gasteiger partial charge in [0.1, 0.15) is 0 Å². The fourth-order valence-electron chi connectivity index (χ4n) is 0.655. The van der Waals surface area contributed by atoms with E-state index in [-0.39, 0.29) is 6.29 Å². The molecule has 0 spiro atoms. The number of carbonyl (C=O) groups excluding carboxylic acids is 1. The highest BCUT2D eigenvalue weighted by atomic mass is 16.7. The lowest BCUT2D eigenvalue weighted by Crippen LogP contribution is -2.11. The van der Waals surface area contributed by atoms with Gasteiger partial charge in [0, 0.05) is 0 Å². The molecule has 0 unspecified atom stereocenters. The van der Waals surface area contributed by atoms with E-state index in [1.54, 1.807) is 13.0 Å². The Morgan fingerprint density at radius 2 is 2.23 bits per heavy atom. The van der Waals surface area contributed by atoms with Crippen LogP contribution in [0.2, 0.25) is 0 Å². The van der Waals surface area contributed by atoms with E-state index in [0.29, 0.717) is 19.8 Å². The molecule has 5 heteroatoms. The topological polar surface area (TPSA) is 70.8 Å². The highest BCUT2D eigenvalue weighted by molar-refractivity contribution is 5.64. The molecule has 0 aliphatic carbocycles. The van der Waals surface area contributed by atoms with Crippen LogP contribution < -0.4 is 5.73 Å². The Morgan fingerprint density at radius 1 is 1.69 bits per heavy atom. The largest absolute Gasteiger partial charge is 0.450 e. The second-order valence-corrected chi connectivity index (χ2v) is 2.10. The predicted octanol–water partition coefficient (Wildman–Crippen LogP) is 0.647. The Morgan fingerprint density at radius 3 is 2.38 bits per heavy atom. The third-order valence-electron chi connectivity index (χ3n) is 1.13. The number of hydrogen-bond donors (Lipinski definition) is 1. The van der Waals surface area contributed by atoms with Crippen molar-refractivity contribution in [1.82, 2.24) is 0 Å². The van der Waals surface area contributed by atoms with E-state index in [2.05, 4.69) is 17.0 Å². The van der Waals surface area contributed by atoms with Gasteiger partial charge in [-0.3, -0.25) is 0 Å². The van der Waals surface area contributed by atoms with Gasteiger partial charge < -0.3 is 19.9 Å². The van der Waals surface area contributed by atoms with Crippen LogP contribution in [-0.4, -0.2) is 32.2 Å². The zero-order valence-electron chi connectivity index (χ0n) is 7.69. The van der Waals surface area contributed by atoms with Crippen LogP contribution in [0.1, 0.15) is 6.92 Å². The summed E-state index contributed by atoms with van der Waals surface area (Å²) in [6, 6.07) is 0. The molecule has 2 N–H and O–H groups in total. The summed E-state index contributed by atoms with van der Waals surface area (Å²) in [7, 11) is 0. The molecule has 0 saturated carbocycles. The summed E-state index contributed by atoms with van der Waals surface area (Å²) in [5.74, 6) is 0. The molecule has 1 aliphatic rings. The molecule has 1 aliphatic heterocycles. The monoisotopic (exact) mass is 189 g/mol. The first-order chi connectivity index (χ1) is 6.20. The minimum absolute atomic E-state index is 0.139. The van der Waals surface area contributed by atoms with Gasteiger partial charge in [-0.25, -0.2) is 4.79 Å². The van der Waals surface area contributed by atoms with Crippen LogP contribution in [-0.2, 0) is 14.2 Å². The molecule has 1 heterocycles. The van der Waals surface area contributed by atoms with E-state index in [4.69, 9.17) is 9.47 Å². The van der Waals surface area contributed by atoms with E-state index < -0.39 is 6.09 Å². The van der Waals surface area contributed by atoms with Crippen molar-refractivity contribution in [3.63, 3.8) is 0 Å². The second kappa shape index (κ2) is 7.57. The number of carbonyl (C=O) groups is 1. The molecular weight excluding hydrogens is 174 g/mol. The summed E-state index contributed by atoms with van der Waals surface area (Å²) in [6.45, 7) is 6.96. The molecule has 1 saturated heterocycles. The van der Waals surface area contributed by atoms with E-state index in [1.165, 1.54) is 0 Å². The van der Waals surface area contributed by atoms with Crippen molar-refractivity contribution < 1.29 is 19.0 Å². The van der Waals surface area contributed by atoms with Crippen molar-refractivity contribution in [1.29, 1.82) is 0 Å². The molecule has 76 valence electrons. The highest BCUT2D eigenvalue weighted by Gasteiger charge is 2.09. The van der Waals surface area contributed by atoms with Crippen LogP contribution in [0, 0.1) is 0 Å². The fraction of sp³-hybridized carbons (Fsp3) is 0.625. The van der Waals surface area contributed by atoms with E-state index in [9.17, 15) is 4.79 Å². The summed E-state index contributed by atoms with van der Waals surface area (Å²) >= 11 is 0. The molecule has 0 radical (unpaired) electrons. The standard InChI is InChI=1S/C5H8O2.C3H7NO2/c1-2-5-6-3-4-7-5;1-2-6-3(4)5/h2,5H,1,3-4H2;2H2,1H3,(H2,4,5). The molecule has 0 atom stereocenters. The van der Waals surface area contributed by atoms with Crippen molar-refractivity contribution in [2.45, 2.75) is 13.2 Å². The first kappa shape index (κ1) is 11.9. The number of hydrogen-bond acceptors (Lipinski definition) is 4. The molecule has 0 aromatic heterocycles. The van der Waals surface area contributed by atoms with Gasteiger partial charge in [-0.05, 0) is 13.0 Å². The van der Waals surface area contributed by atoms with Crippen molar-refractivity contribution >= 4 is 6.09 Å². The van der Waals surface area contributed by atoms with Crippen molar-refractivity contribution in [2.75, 3.05) is 19.8 Å². The van der Waals surface area contributed by atoms with Gasteiger partial charge in [0.15, 0.2) is 6.29 Å². The van der Waals surface area contributed by atoms with Crippen LogP contribution in [0.3, 0.4) is 0 Å². The highest BCUT2D eigenvalue weighted by Crippen LogP contribution is 2.02. The molecule has 0 aromatic rings. The molecule has 0 bridgehead atoms. The van der Waals surface area contributed by atoms with E-state index in [0.717, 1.165) is 0 Å². The molecule has 13 heavy (non-hydrogen) atoms. The summed E-state index contributed by atoms with van der Waals surface area (Å²) in [5, 5.41) is 0. The lowest BCUT2D eigenvalue weighted by molar-refractivity contribution is -0.00126. The number of rotatable bonds is 2. The average Bonchev–Trinajstić information content (AvgIpc) is 2.56. The maximum Gasteiger partial charge on any atom is 0.404 e. The van der Waals surface area contributed by atoms with Gasteiger partial charge in [-0.2, -0.15) is 0 Å². The number of amides is 1. The molecule has 1 amide bonds. The summed E-state index contributed by atoms with van der Waals surface area (Å²) in [4.78, 5) is 9.60. The van der Waals surface area contributed by atoms with Crippen LogP contribution in [0.25, 0.3) is 0 Å². The van der Waals surface area contributed by atoms with Crippen molar-refractivity contribution in [2.24, 2.45) is 5.73 Å². The first-order valence-electron chi connectivity index (χ1n) is 3.98. The molecule has 1 fully saturated rings. The molecular formula is C8H15NO4. The fourth-order valence-corrected chi connectivity index (χ4v) is 0.655. The van der Waals surface area contributed by atoms with Crippen LogP contribution in [0.4, 0.5) is 4.79 Å². The summed E-state index contributed by atoms with van der Waals surface area (Å²) < 4.78 is 14.1. The summed E-state index contributed by atoms with van der Waals surface area (Å²) in [5.41, 5.74) is 4.54. The Hall–Kier alpha value is -1.07. The minimum atomic E-state index is -0.711. The number of primary amides is 1. The second-order valence-electron chi connectivity index (χ2n) is 2.10. The van der Waals surface area contributed by atoms with Crippen LogP contribution >= 0.6 is 0 Å². The normalized spacial score (nSPS) is 15.8. The lowest BCUT2D eigenvalue weighted by Gasteiger charge is -1.97. The predicted molar refractivity (Wildman–Crippen MR) is 47.1 cm³/mol. The quantitative estimate of drug-likeness (QED) is 0.647. The Balaban J connectivity index is 0.000000226. The van der Waals surface area contributed by atoms with Gasteiger partial charge in [0.2, 0.25) is 0 Å². The maximum atomic E-state index is 9.60. The SMILES string of the molecule is C=CC1OCCO1.CCOC(N)=O. The van der Waals surface area contributed by atoms with Gasteiger partial charge in [-0.15, -0.1) is 0 Å². The van der Waals surface area contributed by atoms with Gasteiger partial charge in [-0.1, -0.05) is 6.58 Å². The Bertz CT molecular complexity index is 154. The zero-order valence-corrected chi connectivity index (χ0v) is 7.69. The average molecular weight is 189 g/mol. The van der Waals surface area contributed by atoms with Gasteiger partial charge >= 0.3 is 6.09 Å². The maximum absolute atomic E-state index is 9.60. The minimum Gasteiger partial charge on any atom is -0.450 e. The van der Waals surface area contributed by atoms with Gasteiger partial charge in [0.05, 0.1) is 19.8 Å². The molecule has 5 nitrogen and oxygen atoms in total. The molecule has 1 rings (SSSR count). The Kier molecular flexibility index (Phi) is 6.95. The number of ether oxygens (including phenoxy) is 3. The molecule has 0 aromatic carbocycles. The lowest BCUT2D eigenvalue weighted by atomic mass is 10.6. The zero-order chi connectivity index (χ0) is 10.1. The van der Waals surface area contributed by atoms with Crippen molar-refractivity contribution in [3.8, 4) is 0 Å². The van der Waals surface area contributed by atoms with E-state index >= 15 is 0 Å². The third-order valence-corrected chi connectivity index (χ3v) is 1.13. The first-order valence-corrected chi connectivity index (χ1v) is 3.98. The van der Waals surface area contributed by atoms with Crippen molar-refractivity contribution in [3.05, 3.63) is 12.7 Å². The number of nitrogens with two attached hydrogens (primary N) is 1. The van der Waals surface area contributed by atoms with E-state index in [1.807, 2.05) is 0 Å². The third kappa shape index (κ3) is 7.30. The van der Waals surface area contributed by atoms with Crippen LogP contribution in [0.5, 0.6) is 0 Å². The van der Waals surface area contributed by atoms with Crippen LogP contribution in [0.15, 0.2) is 12.7 Å². The Labute approximate surface area is 77.4 Å². The smallest absolute Gasteiger partial charge is 0.404 e. The summed E-state index contributed by atoms with van der Waals surface area (Å²) in [6.07, 6.45) is 0.796.